The SMILES string of the molecule is Cc1cnn(CC(=O)N2CC[C@H]3NC(=O)c4ccccc4OCCCCC[C@H]3C2)c1. The Morgan fingerprint density at radius 3 is 2.93 bits per heavy atom. The van der Waals surface area contributed by atoms with Crippen LogP contribution in [0.3, 0.4) is 0 Å². The molecule has 1 fully saturated rings. The number of likely N-dealkylation sites (tertiary alicyclic amines) is 1. The Morgan fingerprint density at radius 2 is 2.10 bits per heavy atom. The Kier molecular flexibility index (Phi) is 6.35. The minimum absolute atomic E-state index is 0.0704. The number of rotatable bonds is 2. The molecule has 0 aliphatic carbocycles. The minimum Gasteiger partial charge on any atom is -0.493 e. The highest BCUT2D eigenvalue weighted by atomic mass is 16.5. The van der Waals surface area contributed by atoms with Crippen molar-refractivity contribution in [2.24, 2.45) is 5.92 Å². The van der Waals surface area contributed by atoms with Crippen molar-refractivity contribution >= 4 is 11.8 Å². The maximum absolute atomic E-state index is 13.0. The Bertz CT molecular complexity index is 894. The molecule has 7 heteroatoms. The van der Waals surface area contributed by atoms with Gasteiger partial charge in [0.15, 0.2) is 0 Å². The zero-order chi connectivity index (χ0) is 20.9. The largest absolute Gasteiger partial charge is 0.493 e. The lowest BCUT2D eigenvalue weighted by Crippen LogP contribution is -2.53. The number of aromatic nitrogens is 2. The van der Waals surface area contributed by atoms with E-state index >= 15 is 0 Å². The third-order valence-corrected chi connectivity index (χ3v) is 6.07. The third-order valence-electron chi connectivity index (χ3n) is 6.07. The van der Waals surface area contributed by atoms with Crippen LogP contribution in [0, 0.1) is 12.8 Å². The summed E-state index contributed by atoms with van der Waals surface area (Å²) in [6, 6.07) is 7.50. The lowest BCUT2D eigenvalue weighted by Gasteiger charge is -2.39. The molecule has 2 aliphatic heterocycles. The highest BCUT2D eigenvalue weighted by Crippen LogP contribution is 2.26. The summed E-state index contributed by atoms with van der Waals surface area (Å²) in [6.45, 7) is 4.19. The molecule has 0 unspecified atom stereocenters. The van der Waals surface area contributed by atoms with Crippen LogP contribution in [-0.4, -0.2) is 52.2 Å². The quantitative estimate of drug-likeness (QED) is 0.826. The van der Waals surface area contributed by atoms with Gasteiger partial charge >= 0.3 is 0 Å². The first kappa shape index (κ1) is 20.4. The number of piperidine rings is 1. The summed E-state index contributed by atoms with van der Waals surface area (Å²) in [7, 11) is 0. The van der Waals surface area contributed by atoms with E-state index in [9.17, 15) is 9.59 Å². The van der Waals surface area contributed by atoms with E-state index in [0.29, 0.717) is 31.0 Å². The number of para-hydroxylation sites is 1. The van der Waals surface area contributed by atoms with Crippen LogP contribution in [0.5, 0.6) is 5.75 Å². The summed E-state index contributed by atoms with van der Waals surface area (Å²) < 4.78 is 7.55. The number of hydrogen-bond donors (Lipinski definition) is 1. The van der Waals surface area contributed by atoms with Crippen LogP contribution in [0.25, 0.3) is 0 Å². The van der Waals surface area contributed by atoms with Crippen LogP contribution >= 0.6 is 0 Å². The van der Waals surface area contributed by atoms with Crippen LogP contribution < -0.4 is 10.1 Å². The Hall–Kier alpha value is -2.83. The van der Waals surface area contributed by atoms with Gasteiger partial charge in [0.25, 0.3) is 5.91 Å². The van der Waals surface area contributed by atoms with Gasteiger partial charge in [-0.1, -0.05) is 25.0 Å². The molecule has 2 aliphatic rings. The second-order valence-corrected chi connectivity index (χ2v) is 8.38. The number of amides is 2. The molecule has 30 heavy (non-hydrogen) atoms. The third kappa shape index (κ3) is 4.83. The highest BCUT2D eigenvalue weighted by molar-refractivity contribution is 5.97. The Balaban J connectivity index is 1.45. The van der Waals surface area contributed by atoms with Gasteiger partial charge in [0.05, 0.1) is 18.4 Å². The van der Waals surface area contributed by atoms with E-state index in [1.807, 2.05) is 42.3 Å². The first-order valence-corrected chi connectivity index (χ1v) is 10.9. The molecule has 2 aromatic rings. The summed E-state index contributed by atoms with van der Waals surface area (Å²) in [5.74, 6) is 0.911. The average Bonchev–Trinajstić information content (AvgIpc) is 3.15. The molecule has 160 valence electrons. The predicted molar refractivity (Wildman–Crippen MR) is 113 cm³/mol. The van der Waals surface area contributed by atoms with Crippen LogP contribution in [0.2, 0.25) is 0 Å². The molecule has 1 N–H and O–H groups in total. The van der Waals surface area contributed by atoms with Crippen LogP contribution in [-0.2, 0) is 11.3 Å². The first-order valence-electron chi connectivity index (χ1n) is 10.9. The number of aryl methyl sites for hydroxylation is 1. The fraction of sp³-hybridized carbons (Fsp3) is 0.522. The fourth-order valence-electron chi connectivity index (χ4n) is 4.43. The summed E-state index contributed by atoms with van der Waals surface area (Å²) in [6.07, 6.45) is 8.54. The maximum Gasteiger partial charge on any atom is 0.255 e. The molecule has 3 heterocycles. The topological polar surface area (TPSA) is 76.5 Å². The molecule has 0 spiro atoms. The van der Waals surface area contributed by atoms with E-state index in [-0.39, 0.29) is 30.3 Å². The van der Waals surface area contributed by atoms with Crippen molar-refractivity contribution < 1.29 is 14.3 Å². The predicted octanol–water partition coefficient (Wildman–Crippen LogP) is 2.79. The van der Waals surface area contributed by atoms with Gasteiger partial charge in [0.2, 0.25) is 5.91 Å². The van der Waals surface area contributed by atoms with Gasteiger partial charge < -0.3 is 15.0 Å². The monoisotopic (exact) mass is 410 g/mol. The second kappa shape index (κ2) is 9.32. The Morgan fingerprint density at radius 1 is 1.23 bits per heavy atom. The van der Waals surface area contributed by atoms with Gasteiger partial charge in [-0.15, -0.1) is 0 Å². The molecular weight excluding hydrogens is 380 g/mol. The highest BCUT2D eigenvalue weighted by Gasteiger charge is 2.33. The van der Waals surface area contributed by atoms with Gasteiger partial charge in [0, 0.05) is 25.3 Å². The zero-order valence-corrected chi connectivity index (χ0v) is 17.5. The van der Waals surface area contributed by atoms with E-state index < -0.39 is 0 Å². The lowest BCUT2D eigenvalue weighted by molar-refractivity contribution is -0.134. The van der Waals surface area contributed by atoms with E-state index in [4.69, 9.17) is 4.74 Å². The van der Waals surface area contributed by atoms with Crippen molar-refractivity contribution in [3.63, 3.8) is 0 Å². The van der Waals surface area contributed by atoms with E-state index in [1.165, 1.54) is 0 Å². The van der Waals surface area contributed by atoms with Crippen LogP contribution in [0.4, 0.5) is 0 Å². The number of hydrogen-bond acceptors (Lipinski definition) is 4. The van der Waals surface area contributed by atoms with Gasteiger partial charge in [-0.2, -0.15) is 5.10 Å². The molecule has 1 aromatic heterocycles. The number of fused-ring (bicyclic) bond motifs is 2. The second-order valence-electron chi connectivity index (χ2n) is 8.38. The fourth-order valence-corrected chi connectivity index (χ4v) is 4.43. The molecule has 7 nitrogen and oxygen atoms in total. The molecule has 2 amide bonds. The standard InChI is InChI=1S/C23H30N4O3/c1-17-13-24-27(14-17)16-22(28)26-11-10-20-18(15-26)7-3-2-6-12-30-21-9-5-4-8-19(21)23(29)25-20/h4-5,8-9,13-14,18,20H,2-3,6-7,10-12,15-16H2,1H3,(H,25,29)/t18-,20+/m0/s1. The maximum atomic E-state index is 13.0. The number of benzene rings is 1. The smallest absolute Gasteiger partial charge is 0.255 e. The summed E-state index contributed by atoms with van der Waals surface area (Å²) in [5.41, 5.74) is 1.64. The minimum atomic E-state index is -0.0898. The number of carbonyl (C=O) groups is 2. The van der Waals surface area contributed by atoms with Gasteiger partial charge in [0.1, 0.15) is 12.3 Å². The summed E-state index contributed by atoms with van der Waals surface area (Å²) in [5, 5.41) is 7.46. The molecule has 0 saturated carbocycles. The average molecular weight is 411 g/mol. The van der Waals surface area contributed by atoms with Crippen molar-refractivity contribution in [2.45, 2.75) is 51.6 Å². The molecular formula is C23H30N4O3. The Labute approximate surface area is 177 Å². The molecule has 4 rings (SSSR count). The van der Waals surface area contributed by atoms with E-state index in [1.54, 1.807) is 10.9 Å². The zero-order valence-electron chi connectivity index (χ0n) is 17.5. The van der Waals surface area contributed by atoms with Crippen LogP contribution in [0.1, 0.15) is 48.0 Å². The van der Waals surface area contributed by atoms with Crippen molar-refractivity contribution in [1.29, 1.82) is 0 Å². The van der Waals surface area contributed by atoms with Gasteiger partial charge in [-0.3, -0.25) is 14.3 Å². The van der Waals surface area contributed by atoms with Gasteiger partial charge in [-0.05, 0) is 49.8 Å². The van der Waals surface area contributed by atoms with Gasteiger partial charge in [-0.25, -0.2) is 0 Å². The molecule has 1 aromatic carbocycles. The number of ether oxygens (including phenoxy) is 1. The molecule has 0 radical (unpaired) electrons. The normalized spacial score (nSPS) is 22.6. The van der Waals surface area contributed by atoms with Crippen molar-refractivity contribution in [2.75, 3.05) is 19.7 Å². The first-order chi connectivity index (χ1) is 14.6. The molecule has 2 atom stereocenters. The number of carbonyl (C=O) groups excluding carboxylic acids is 2. The number of nitrogens with zero attached hydrogens (tertiary/aromatic N) is 3. The van der Waals surface area contributed by atoms with E-state index in [0.717, 1.165) is 37.7 Å². The van der Waals surface area contributed by atoms with Crippen molar-refractivity contribution in [1.82, 2.24) is 20.0 Å². The molecule has 1 saturated heterocycles. The number of nitrogens with one attached hydrogen (secondary N) is 1. The summed E-state index contributed by atoms with van der Waals surface area (Å²) in [4.78, 5) is 27.7. The molecule has 0 bridgehead atoms. The van der Waals surface area contributed by atoms with Crippen LogP contribution in [0.15, 0.2) is 36.7 Å². The summed E-state index contributed by atoms with van der Waals surface area (Å²) >= 11 is 0. The van der Waals surface area contributed by atoms with Crippen molar-refractivity contribution in [3.8, 4) is 5.75 Å². The van der Waals surface area contributed by atoms with E-state index in [2.05, 4.69) is 10.4 Å². The lowest BCUT2D eigenvalue weighted by atomic mass is 9.87. The van der Waals surface area contributed by atoms with Crippen molar-refractivity contribution in [3.05, 3.63) is 47.8 Å².